The van der Waals surface area contributed by atoms with Crippen LogP contribution in [-0.2, 0) is 26.8 Å². The lowest BCUT2D eigenvalue weighted by Gasteiger charge is -2.31. The van der Waals surface area contributed by atoms with Crippen LogP contribution in [0.25, 0.3) is 0 Å². The Kier molecular flexibility index (Phi) is 4.88. The number of benzene rings is 2. The topological polar surface area (TPSA) is 102 Å². The van der Waals surface area contributed by atoms with Gasteiger partial charge in [-0.15, -0.1) is 0 Å². The monoisotopic (exact) mass is 391 g/mol. The van der Waals surface area contributed by atoms with E-state index in [2.05, 4.69) is 4.72 Å². The van der Waals surface area contributed by atoms with Crippen molar-refractivity contribution in [1.82, 2.24) is 4.72 Å². The minimum absolute atomic E-state index is 0.0325. The first-order valence-corrected chi connectivity index (χ1v) is 9.78. The molecule has 0 aromatic heterocycles. The van der Waals surface area contributed by atoms with Crippen molar-refractivity contribution < 1.29 is 27.8 Å². The zero-order valence-electron chi connectivity index (χ0n) is 15.2. The Morgan fingerprint density at radius 3 is 2.44 bits per heavy atom. The summed E-state index contributed by atoms with van der Waals surface area (Å²) in [5.74, 6) is -1.29. The van der Waals surface area contributed by atoms with Crippen molar-refractivity contribution in [3.63, 3.8) is 0 Å². The van der Waals surface area contributed by atoms with Gasteiger partial charge in [-0.1, -0.05) is 24.3 Å². The molecule has 2 aromatic rings. The number of carboxylic acids is 1. The minimum Gasteiger partial charge on any atom is -0.493 e. The predicted molar refractivity (Wildman–Crippen MR) is 98.5 cm³/mol. The summed E-state index contributed by atoms with van der Waals surface area (Å²) in [5, 5.41) is 9.67. The van der Waals surface area contributed by atoms with Gasteiger partial charge in [0, 0.05) is 6.07 Å². The van der Waals surface area contributed by atoms with Gasteiger partial charge in [-0.25, -0.2) is 8.42 Å². The van der Waals surface area contributed by atoms with E-state index in [4.69, 9.17) is 9.47 Å². The van der Waals surface area contributed by atoms with E-state index in [0.717, 1.165) is 5.56 Å². The van der Waals surface area contributed by atoms with Crippen molar-refractivity contribution in [2.45, 2.75) is 23.8 Å². The average molecular weight is 391 g/mol. The van der Waals surface area contributed by atoms with Gasteiger partial charge in [-0.05, 0) is 36.6 Å². The van der Waals surface area contributed by atoms with Crippen molar-refractivity contribution in [3.8, 4) is 11.5 Å². The lowest BCUT2D eigenvalue weighted by atomic mass is 9.87. The molecule has 0 saturated heterocycles. The van der Waals surface area contributed by atoms with Crippen LogP contribution in [0.3, 0.4) is 0 Å². The van der Waals surface area contributed by atoms with Crippen LogP contribution in [0, 0.1) is 5.92 Å². The van der Waals surface area contributed by atoms with E-state index in [0.29, 0.717) is 11.3 Å². The molecule has 0 heterocycles. The molecule has 8 heteroatoms. The zero-order valence-corrected chi connectivity index (χ0v) is 16.0. The van der Waals surface area contributed by atoms with Crippen LogP contribution in [0.5, 0.6) is 11.5 Å². The van der Waals surface area contributed by atoms with E-state index in [-0.39, 0.29) is 17.1 Å². The number of methoxy groups -OCH3 is 2. The quantitative estimate of drug-likeness (QED) is 0.782. The van der Waals surface area contributed by atoms with Gasteiger partial charge in [0.05, 0.1) is 30.6 Å². The molecule has 2 N–H and O–H groups in total. The molecule has 2 aromatic carbocycles. The molecule has 0 saturated carbocycles. The standard InChI is InChI=1S/C19H21NO6S/c1-19(14-7-5-4-6-12(14)10-15(19)18(21)22)20-27(23,24)13-8-9-16(25-2)17(11-13)26-3/h4-9,11,15,20H,10H2,1-3H3,(H,21,22)/t15-,19-/m1/s1. The highest BCUT2D eigenvalue weighted by Crippen LogP contribution is 2.42. The van der Waals surface area contributed by atoms with E-state index in [1.165, 1.54) is 32.4 Å². The van der Waals surface area contributed by atoms with E-state index in [1.54, 1.807) is 19.1 Å². The van der Waals surface area contributed by atoms with E-state index in [1.807, 2.05) is 12.1 Å². The lowest BCUT2D eigenvalue weighted by molar-refractivity contribution is -0.143. The molecule has 1 aliphatic rings. The fourth-order valence-electron chi connectivity index (χ4n) is 3.60. The fourth-order valence-corrected chi connectivity index (χ4v) is 5.04. The molecule has 2 atom stereocenters. The van der Waals surface area contributed by atoms with E-state index >= 15 is 0 Å². The van der Waals surface area contributed by atoms with Crippen LogP contribution in [0.1, 0.15) is 18.1 Å². The highest BCUT2D eigenvalue weighted by atomic mass is 32.2. The Morgan fingerprint density at radius 2 is 1.81 bits per heavy atom. The number of sulfonamides is 1. The number of ether oxygens (including phenoxy) is 2. The second-order valence-corrected chi connectivity index (χ2v) is 8.26. The van der Waals surface area contributed by atoms with Crippen molar-refractivity contribution in [1.29, 1.82) is 0 Å². The van der Waals surface area contributed by atoms with Crippen LogP contribution >= 0.6 is 0 Å². The smallest absolute Gasteiger partial charge is 0.309 e. The number of carboxylic acid groups (broad SMARTS) is 1. The Morgan fingerprint density at radius 1 is 1.15 bits per heavy atom. The van der Waals surface area contributed by atoms with Crippen LogP contribution in [0.4, 0.5) is 0 Å². The van der Waals surface area contributed by atoms with E-state index < -0.39 is 27.4 Å². The first-order chi connectivity index (χ1) is 12.7. The Labute approximate surface area is 158 Å². The normalized spacial score (nSPS) is 21.5. The second kappa shape index (κ2) is 6.86. The van der Waals surface area contributed by atoms with Crippen molar-refractivity contribution >= 4 is 16.0 Å². The average Bonchev–Trinajstić information content (AvgIpc) is 2.93. The van der Waals surface area contributed by atoms with Crippen molar-refractivity contribution in [3.05, 3.63) is 53.6 Å². The maximum Gasteiger partial charge on any atom is 0.309 e. The van der Waals surface area contributed by atoms with E-state index in [9.17, 15) is 18.3 Å². The van der Waals surface area contributed by atoms with Gasteiger partial charge in [0.15, 0.2) is 11.5 Å². The summed E-state index contributed by atoms with van der Waals surface area (Å²) >= 11 is 0. The molecule has 0 bridgehead atoms. The molecule has 1 aliphatic carbocycles. The summed E-state index contributed by atoms with van der Waals surface area (Å²) in [6, 6.07) is 11.4. The summed E-state index contributed by atoms with van der Waals surface area (Å²) in [6.45, 7) is 1.61. The first-order valence-electron chi connectivity index (χ1n) is 8.30. The SMILES string of the molecule is COc1ccc(S(=O)(=O)N[C@]2(C)c3ccccc3C[C@@H]2C(=O)O)cc1OC. The first kappa shape index (κ1) is 19.2. The van der Waals surface area contributed by atoms with Gasteiger partial charge in [0.25, 0.3) is 0 Å². The number of carbonyl (C=O) groups is 1. The molecule has 7 nitrogen and oxygen atoms in total. The molecule has 0 aliphatic heterocycles. The van der Waals surface area contributed by atoms with Gasteiger partial charge in [-0.2, -0.15) is 4.72 Å². The fraction of sp³-hybridized carbons (Fsp3) is 0.316. The largest absolute Gasteiger partial charge is 0.493 e. The summed E-state index contributed by atoms with van der Waals surface area (Å²) < 4.78 is 39.0. The molecule has 0 radical (unpaired) electrons. The number of aliphatic carboxylic acids is 1. The lowest BCUT2D eigenvalue weighted by Crippen LogP contribution is -2.49. The molecule has 0 unspecified atom stereocenters. The predicted octanol–water partition coefficient (Wildman–Crippen LogP) is 2.15. The molecular weight excluding hydrogens is 370 g/mol. The third kappa shape index (κ3) is 3.26. The summed E-state index contributed by atoms with van der Waals surface area (Å²) in [4.78, 5) is 11.8. The van der Waals surface area contributed by atoms with Gasteiger partial charge in [0.1, 0.15) is 0 Å². The highest BCUT2D eigenvalue weighted by molar-refractivity contribution is 7.89. The molecule has 144 valence electrons. The minimum atomic E-state index is -4.02. The molecule has 0 fully saturated rings. The van der Waals surface area contributed by atoms with Crippen LogP contribution < -0.4 is 14.2 Å². The van der Waals surface area contributed by atoms with Crippen LogP contribution in [0.2, 0.25) is 0 Å². The molecule has 0 amide bonds. The number of hydrogen-bond acceptors (Lipinski definition) is 5. The third-order valence-electron chi connectivity index (χ3n) is 5.01. The number of rotatable bonds is 6. The van der Waals surface area contributed by atoms with Crippen LogP contribution in [0.15, 0.2) is 47.4 Å². The van der Waals surface area contributed by atoms with Crippen LogP contribution in [-0.4, -0.2) is 33.7 Å². The highest BCUT2D eigenvalue weighted by Gasteiger charge is 2.49. The summed E-state index contributed by atoms with van der Waals surface area (Å²) in [7, 11) is -1.15. The zero-order chi connectivity index (χ0) is 19.8. The van der Waals surface area contributed by atoms with Gasteiger partial charge in [-0.3, -0.25) is 4.79 Å². The van der Waals surface area contributed by atoms with Gasteiger partial charge in [0.2, 0.25) is 10.0 Å². The Hall–Kier alpha value is -2.58. The molecule has 3 rings (SSSR count). The Balaban J connectivity index is 2.05. The van der Waals surface area contributed by atoms with Gasteiger partial charge >= 0.3 is 5.97 Å². The molecule has 0 spiro atoms. The molecular formula is C19H21NO6S. The van der Waals surface area contributed by atoms with Crippen molar-refractivity contribution in [2.24, 2.45) is 5.92 Å². The maximum absolute atomic E-state index is 13.0. The Bertz CT molecular complexity index is 987. The van der Waals surface area contributed by atoms with Gasteiger partial charge < -0.3 is 14.6 Å². The second-order valence-electron chi connectivity index (χ2n) is 6.58. The summed E-state index contributed by atoms with van der Waals surface area (Å²) in [6.07, 6.45) is 0.260. The maximum atomic E-state index is 13.0. The number of nitrogens with one attached hydrogen (secondary N) is 1. The molecule has 27 heavy (non-hydrogen) atoms. The number of hydrogen-bond donors (Lipinski definition) is 2. The third-order valence-corrected chi connectivity index (χ3v) is 6.57. The van der Waals surface area contributed by atoms with Crippen molar-refractivity contribution in [2.75, 3.05) is 14.2 Å². The number of fused-ring (bicyclic) bond motifs is 1. The summed E-state index contributed by atoms with van der Waals surface area (Å²) in [5.41, 5.74) is 0.220.